The lowest BCUT2D eigenvalue weighted by Gasteiger charge is -2.09. The Morgan fingerprint density at radius 1 is 1.33 bits per heavy atom. The van der Waals surface area contributed by atoms with Crippen LogP contribution in [0.15, 0.2) is 17.2 Å². The molecule has 0 saturated heterocycles. The highest BCUT2D eigenvalue weighted by molar-refractivity contribution is 6.37. The minimum atomic E-state index is -0.873. The second kappa shape index (κ2) is 7.85. The van der Waals surface area contributed by atoms with Crippen LogP contribution in [0, 0.1) is 0 Å². The summed E-state index contributed by atoms with van der Waals surface area (Å²) in [5.41, 5.74) is 2.55. The summed E-state index contributed by atoms with van der Waals surface area (Å²) >= 11 is 11.5. The number of amides is 2. The van der Waals surface area contributed by atoms with Crippen molar-refractivity contribution in [2.75, 3.05) is 0 Å². The van der Waals surface area contributed by atoms with Crippen LogP contribution in [0.3, 0.4) is 0 Å². The van der Waals surface area contributed by atoms with Gasteiger partial charge in [-0.25, -0.2) is 5.43 Å². The van der Waals surface area contributed by atoms with Gasteiger partial charge in [0, 0.05) is 6.04 Å². The Balaban J connectivity index is 2.62. The highest BCUT2D eigenvalue weighted by Crippen LogP contribution is 2.32. The molecule has 8 heteroatoms. The van der Waals surface area contributed by atoms with E-state index in [1.807, 2.05) is 6.92 Å². The molecule has 0 radical (unpaired) electrons. The third-order valence-corrected chi connectivity index (χ3v) is 3.19. The summed E-state index contributed by atoms with van der Waals surface area (Å²) in [6, 6.07) is 2.73. The summed E-state index contributed by atoms with van der Waals surface area (Å²) in [4.78, 5) is 22.9. The summed E-state index contributed by atoms with van der Waals surface area (Å²) in [5, 5.41) is 15.6. The molecule has 0 saturated carbocycles. The molecule has 0 aliphatic carbocycles. The fraction of sp³-hybridized carbons (Fsp3) is 0.308. The molecular weight excluding hydrogens is 317 g/mol. The molecule has 1 aromatic carbocycles. The molecule has 0 fully saturated rings. The first-order valence-electron chi connectivity index (χ1n) is 6.17. The number of phenolic OH excluding ortho intramolecular Hbond substituents is 1. The molecule has 3 N–H and O–H groups in total. The summed E-state index contributed by atoms with van der Waals surface area (Å²) in [6.07, 6.45) is 1.97. The Labute approximate surface area is 132 Å². The van der Waals surface area contributed by atoms with E-state index in [0.29, 0.717) is 12.0 Å². The standard InChI is InChI=1S/C13H15Cl2N3O3/c1-3-7(2)17-12(20)13(21)18-16-6-8-4-9(14)11(19)10(15)5-8/h4-7,19H,3H2,1-2H3,(H,17,20)(H,18,21)/b16-6+/t7-/m0/s1. The predicted octanol–water partition coefficient (Wildman–Crippen LogP) is 2.06. The van der Waals surface area contributed by atoms with E-state index in [4.69, 9.17) is 23.2 Å². The number of halogens is 2. The van der Waals surface area contributed by atoms with Gasteiger partial charge in [-0.15, -0.1) is 0 Å². The number of hydrogen-bond acceptors (Lipinski definition) is 4. The highest BCUT2D eigenvalue weighted by Gasteiger charge is 2.14. The number of rotatable bonds is 4. The van der Waals surface area contributed by atoms with Crippen LogP contribution in [-0.4, -0.2) is 29.2 Å². The number of aromatic hydroxyl groups is 1. The Morgan fingerprint density at radius 2 is 1.90 bits per heavy atom. The normalized spacial score (nSPS) is 12.2. The van der Waals surface area contributed by atoms with Crippen molar-refractivity contribution in [1.29, 1.82) is 0 Å². The van der Waals surface area contributed by atoms with Crippen molar-refractivity contribution in [3.05, 3.63) is 27.7 Å². The van der Waals surface area contributed by atoms with E-state index < -0.39 is 11.8 Å². The van der Waals surface area contributed by atoms with Gasteiger partial charge in [-0.1, -0.05) is 30.1 Å². The molecule has 0 bridgehead atoms. The maximum atomic E-state index is 11.4. The lowest BCUT2D eigenvalue weighted by atomic mass is 10.2. The van der Waals surface area contributed by atoms with Gasteiger partial charge in [0.2, 0.25) is 0 Å². The van der Waals surface area contributed by atoms with E-state index in [0.717, 1.165) is 0 Å². The SMILES string of the molecule is CC[C@H](C)NC(=O)C(=O)N/N=C/c1cc(Cl)c(O)c(Cl)c1. The fourth-order valence-electron chi connectivity index (χ4n) is 1.27. The molecule has 0 aromatic heterocycles. The zero-order valence-corrected chi connectivity index (χ0v) is 13.0. The van der Waals surface area contributed by atoms with Gasteiger partial charge in [0.15, 0.2) is 5.75 Å². The van der Waals surface area contributed by atoms with E-state index in [2.05, 4.69) is 15.8 Å². The van der Waals surface area contributed by atoms with Crippen LogP contribution in [0.4, 0.5) is 0 Å². The molecule has 0 heterocycles. The minimum Gasteiger partial charge on any atom is -0.505 e. The summed E-state index contributed by atoms with van der Waals surface area (Å²) < 4.78 is 0. The molecule has 0 unspecified atom stereocenters. The first-order chi connectivity index (χ1) is 9.85. The molecule has 0 spiro atoms. The fourth-order valence-corrected chi connectivity index (χ4v) is 1.77. The van der Waals surface area contributed by atoms with Crippen LogP contribution >= 0.6 is 23.2 Å². The van der Waals surface area contributed by atoms with Gasteiger partial charge in [0.05, 0.1) is 16.3 Å². The number of hydrogen-bond donors (Lipinski definition) is 3. The molecule has 114 valence electrons. The molecule has 1 atom stereocenters. The van der Waals surface area contributed by atoms with Crippen LogP contribution in [-0.2, 0) is 9.59 Å². The van der Waals surface area contributed by atoms with Crippen molar-refractivity contribution in [1.82, 2.24) is 10.7 Å². The zero-order chi connectivity index (χ0) is 16.0. The number of nitrogens with zero attached hydrogens (tertiary/aromatic N) is 1. The van der Waals surface area contributed by atoms with Crippen LogP contribution in [0.1, 0.15) is 25.8 Å². The van der Waals surface area contributed by atoms with Crippen molar-refractivity contribution < 1.29 is 14.7 Å². The van der Waals surface area contributed by atoms with Crippen LogP contribution < -0.4 is 10.7 Å². The summed E-state index contributed by atoms with van der Waals surface area (Å²) in [6.45, 7) is 3.67. The number of benzene rings is 1. The Morgan fingerprint density at radius 3 is 2.43 bits per heavy atom. The maximum Gasteiger partial charge on any atom is 0.329 e. The largest absolute Gasteiger partial charge is 0.505 e. The topological polar surface area (TPSA) is 90.8 Å². The monoisotopic (exact) mass is 331 g/mol. The lowest BCUT2D eigenvalue weighted by Crippen LogP contribution is -2.41. The molecule has 0 aliphatic rings. The maximum absolute atomic E-state index is 11.4. The smallest absolute Gasteiger partial charge is 0.329 e. The van der Waals surface area contributed by atoms with Crippen molar-refractivity contribution in [3.63, 3.8) is 0 Å². The van der Waals surface area contributed by atoms with E-state index in [-0.39, 0.29) is 21.8 Å². The van der Waals surface area contributed by atoms with Gasteiger partial charge < -0.3 is 10.4 Å². The molecule has 1 rings (SSSR count). The number of phenols is 1. The molecule has 2 amide bonds. The van der Waals surface area contributed by atoms with Crippen molar-refractivity contribution in [2.24, 2.45) is 5.10 Å². The Hall–Kier alpha value is -1.79. The lowest BCUT2D eigenvalue weighted by molar-refractivity contribution is -0.139. The van der Waals surface area contributed by atoms with Gasteiger partial charge in [0.25, 0.3) is 0 Å². The Bertz CT molecular complexity index is 553. The van der Waals surface area contributed by atoms with Crippen LogP contribution in [0.2, 0.25) is 10.0 Å². The quantitative estimate of drug-likeness (QED) is 0.448. The minimum absolute atomic E-state index is 0.0600. The third kappa shape index (κ3) is 5.24. The van der Waals surface area contributed by atoms with Crippen molar-refractivity contribution in [2.45, 2.75) is 26.3 Å². The van der Waals surface area contributed by atoms with E-state index in [1.165, 1.54) is 18.3 Å². The van der Waals surface area contributed by atoms with Gasteiger partial charge in [-0.05, 0) is 31.0 Å². The van der Waals surface area contributed by atoms with Gasteiger partial charge in [-0.3, -0.25) is 9.59 Å². The number of carbonyl (C=O) groups excluding carboxylic acids is 2. The number of nitrogens with one attached hydrogen (secondary N) is 2. The summed E-state index contributed by atoms with van der Waals surface area (Å²) in [5.74, 6) is -1.86. The van der Waals surface area contributed by atoms with Gasteiger partial charge in [0.1, 0.15) is 0 Å². The van der Waals surface area contributed by atoms with Crippen LogP contribution in [0.25, 0.3) is 0 Å². The van der Waals surface area contributed by atoms with E-state index >= 15 is 0 Å². The summed E-state index contributed by atoms with van der Waals surface area (Å²) in [7, 11) is 0. The molecule has 21 heavy (non-hydrogen) atoms. The van der Waals surface area contributed by atoms with Crippen molar-refractivity contribution in [3.8, 4) is 5.75 Å². The number of hydrazone groups is 1. The molecular formula is C13H15Cl2N3O3. The van der Waals surface area contributed by atoms with Gasteiger partial charge >= 0.3 is 11.8 Å². The van der Waals surface area contributed by atoms with Crippen molar-refractivity contribution >= 4 is 41.2 Å². The molecule has 0 aliphatic heterocycles. The van der Waals surface area contributed by atoms with E-state index in [9.17, 15) is 14.7 Å². The van der Waals surface area contributed by atoms with E-state index in [1.54, 1.807) is 6.92 Å². The average molecular weight is 332 g/mol. The predicted molar refractivity (Wildman–Crippen MR) is 81.8 cm³/mol. The average Bonchev–Trinajstić information content (AvgIpc) is 2.44. The third-order valence-electron chi connectivity index (χ3n) is 2.62. The highest BCUT2D eigenvalue weighted by atomic mass is 35.5. The first-order valence-corrected chi connectivity index (χ1v) is 6.92. The second-order valence-corrected chi connectivity index (χ2v) is 5.13. The zero-order valence-electron chi connectivity index (χ0n) is 11.5. The van der Waals surface area contributed by atoms with Gasteiger partial charge in [-0.2, -0.15) is 5.10 Å². The second-order valence-electron chi connectivity index (χ2n) is 4.32. The number of carbonyl (C=O) groups is 2. The molecule has 6 nitrogen and oxygen atoms in total. The Kier molecular flexibility index (Phi) is 6.45. The first kappa shape index (κ1) is 17.3. The van der Waals surface area contributed by atoms with Crippen LogP contribution in [0.5, 0.6) is 5.75 Å². The molecule has 1 aromatic rings.